The molecule has 1 aliphatic carbocycles. The third-order valence-corrected chi connectivity index (χ3v) is 4.85. The van der Waals surface area contributed by atoms with Gasteiger partial charge in [-0.25, -0.2) is 4.39 Å². The molecule has 0 aliphatic heterocycles. The molecule has 0 radical (unpaired) electrons. The summed E-state index contributed by atoms with van der Waals surface area (Å²) in [5.41, 5.74) is 5.81. The maximum absolute atomic E-state index is 14.4. The minimum Gasteiger partial charge on any atom is -0.487 e. The molecule has 3 N–H and O–H groups in total. The highest BCUT2D eigenvalue weighted by Gasteiger charge is 2.27. The molecule has 2 rings (SSSR count). The quantitative estimate of drug-likeness (QED) is 0.369. The summed E-state index contributed by atoms with van der Waals surface area (Å²) in [7, 11) is 0. The van der Waals surface area contributed by atoms with Crippen molar-refractivity contribution < 1.29 is 14.3 Å². The van der Waals surface area contributed by atoms with Crippen molar-refractivity contribution >= 4 is 21.8 Å². The summed E-state index contributed by atoms with van der Waals surface area (Å²) >= 11 is 3.14. The van der Waals surface area contributed by atoms with Crippen molar-refractivity contribution in [1.29, 1.82) is 0 Å². The fourth-order valence-electron chi connectivity index (χ4n) is 2.83. The Morgan fingerprint density at radius 3 is 2.86 bits per heavy atom. The molecule has 4 nitrogen and oxygen atoms in total. The van der Waals surface area contributed by atoms with Gasteiger partial charge in [0, 0.05) is 5.56 Å². The third kappa shape index (κ3) is 3.48. The molecule has 21 heavy (non-hydrogen) atoms. The van der Waals surface area contributed by atoms with Crippen LogP contribution in [0.1, 0.15) is 44.6 Å². The Bertz CT molecular complexity index is 537. The minimum absolute atomic E-state index is 0.0554. The molecular weight excluding hydrogens is 339 g/mol. The number of oxime groups is 1. The molecule has 2 unspecified atom stereocenters. The first kappa shape index (κ1) is 16.1. The molecule has 6 heteroatoms. The molecule has 116 valence electrons. The number of halogens is 2. The molecule has 0 heterocycles. The Labute approximate surface area is 132 Å². The van der Waals surface area contributed by atoms with Crippen molar-refractivity contribution in [3.63, 3.8) is 0 Å². The van der Waals surface area contributed by atoms with E-state index in [1.165, 1.54) is 12.5 Å². The Morgan fingerprint density at radius 1 is 1.48 bits per heavy atom. The van der Waals surface area contributed by atoms with E-state index in [1.54, 1.807) is 6.07 Å². The number of ether oxygens (including phenoxy) is 1. The van der Waals surface area contributed by atoms with Crippen LogP contribution in [0.3, 0.4) is 0 Å². The smallest absolute Gasteiger partial charge is 0.179 e. The van der Waals surface area contributed by atoms with Crippen molar-refractivity contribution in [2.75, 3.05) is 0 Å². The van der Waals surface area contributed by atoms with E-state index in [1.807, 2.05) is 0 Å². The Balaban J connectivity index is 2.23. The highest BCUT2D eigenvalue weighted by atomic mass is 79.9. The predicted octanol–water partition coefficient (Wildman–Crippen LogP) is 4.03. The minimum atomic E-state index is -0.514. The third-order valence-electron chi connectivity index (χ3n) is 4.07. The van der Waals surface area contributed by atoms with Crippen molar-refractivity contribution in [2.45, 2.75) is 45.1 Å². The first-order chi connectivity index (χ1) is 10.1. The van der Waals surface area contributed by atoms with Gasteiger partial charge in [0.2, 0.25) is 0 Å². The number of nitrogens with two attached hydrogens (primary N) is 1. The van der Waals surface area contributed by atoms with Gasteiger partial charge in [0.25, 0.3) is 0 Å². The van der Waals surface area contributed by atoms with Gasteiger partial charge in [-0.2, -0.15) is 0 Å². The molecule has 0 saturated heterocycles. The van der Waals surface area contributed by atoms with Crippen LogP contribution in [0.5, 0.6) is 5.75 Å². The standard InChI is InChI=1S/C15H20BrFN2O2/c1-2-9-5-3-4-6-11(9)21-12-8-7-10(15(18)19-20)13(16)14(12)17/h7-9,11,20H,2-6H2,1H3,(H2,18,19). The lowest BCUT2D eigenvalue weighted by Crippen LogP contribution is -2.30. The van der Waals surface area contributed by atoms with Crippen molar-refractivity contribution in [3.05, 3.63) is 28.0 Å². The molecule has 1 aliphatic rings. The van der Waals surface area contributed by atoms with Gasteiger partial charge in [0.1, 0.15) is 6.10 Å². The Kier molecular flexibility index (Phi) is 5.45. The van der Waals surface area contributed by atoms with Crippen LogP contribution in [0.15, 0.2) is 21.8 Å². The predicted molar refractivity (Wildman–Crippen MR) is 83.3 cm³/mol. The molecule has 0 spiro atoms. The van der Waals surface area contributed by atoms with E-state index in [-0.39, 0.29) is 22.2 Å². The molecular formula is C15H20BrFN2O2. The topological polar surface area (TPSA) is 67.8 Å². The molecule has 2 atom stereocenters. The lowest BCUT2D eigenvalue weighted by molar-refractivity contribution is 0.0861. The van der Waals surface area contributed by atoms with Gasteiger partial charge >= 0.3 is 0 Å². The molecule has 1 fully saturated rings. The summed E-state index contributed by atoms with van der Waals surface area (Å²) in [6, 6.07) is 3.12. The zero-order valence-electron chi connectivity index (χ0n) is 12.0. The average molecular weight is 359 g/mol. The first-order valence-corrected chi connectivity index (χ1v) is 8.00. The van der Waals surface area contributed by atoms with Gasteiger partial charge in [-0.3, -0.25) is 0 Å². The second-order valence-electron chi connectivity index (χ2n) is 5.33. The van der Waals surface area contributed by atoms with Crippen LogP contribution in [0.2, 0.25) is 0 Å². The highest BCUT2D eigenvalue weighted by molar-refractivity contribution is 9.10. The van der Waals surface area contributed by atoms with Crippen molar-refractivity contribution in [2.24, 2.45) is 16.8 Å². The molecule has 1 aromatic rings. The SMILES string of the molecule is CCC1CCCCC1Oc1ccc(/C(N)=N/O)c(Br)c1F. The van der Waals surface area contributed by atoms with Crippen LogP contribution in [-0.4, -0.2) is 17.1 Å². The lowest BCUT2D eigenvalue weighted by Gasteiger charge is -2.31. The number of nitrogens with zero attached hydrogens (tertiary/aromatic N) is 1. The van der Waals surface area contributed by atoms with Crippen LogP contribution in [0.25, 0.3) is 0 Å². The second kappa shape index (κ2) is 7.11. The monoisotopic (exact) mass is 358 g/mol. The molecule has 0 aromatic heterocycles. The molecule has 0 amide bonds. The van der Waals surface area contributed by atoms with Crippen LogP contribution < -0.4 is 10.5 Å². The van der Waals surface area contributed by atoms with E-state index in [0.29, 0.717) is 11.5 Å². The summed E-state index contributed by atoms with van der Waals surface area (Å²) in [5, 5.41) is 11.6. The summed E-state index contributed by atoms with van der Waals surface area (Å²) in [5.74, 6) is 0.0262. The average Bonchev–Trinajstić information content (AvgIpc) is 2.51. The molecule has 1 saturated carbocycles. The number of benzene rings is 1. The van der Waals surface area contributed by atoms with Crippen molar-refractivity contribution in [3.8, 4) is 5.75 Å². The summed E-state index contributed by atoms with van der Waals surface area (Å²) < 4.78 is 20.4. The molecule has 1 aromatic carbocycles. The summed E-state index contributed by atoms with van der Waals surface area (Å²) in [6.07, 6.45) is 5.51. The van der Waals surface area contributed by atoms with Gasteiger partial charge in [-0.15, -0.1) is 0 Å². The van der Waals surface area contributed by atoms with Gasteiger partial charge < -0.3 is 15.7 Å². The first-order valence-electron chi connectivity index (χ1n) is 7.21. The fraction of sp³-hybridized carbons (Fsp3) is 0.533. The Morgan fingerprint density at radius 2 is 2.19 bits per heavy atom. The van der Waals surface area contributed by atoms with Gasteiger partial charge in [-0.1, -0.05) is 18.5 Å². The van der Waals surface area contributed by atoms with E-state index in [4.69, 9.17) is 15.7 Å². The molecule has 0 bridgehead atoms. The summed E-state index contributed by atoms with van der Waals surface area (Å²) in [6.45, 7) is 2.14. The van der Waals surface area contributed by atoms with Crippen LogP contribution >= 0.6 is 15.9 Å². The van der Waals surface area contributed by atoms with E-state index in [0.717, 1.165) is 25.7 Å². The zero-order valence-corrected chi connectivity index (χ0v) is 13.6. The fourth-order valence-corrected chi connectivity index (χ4v) is 3.36. The largest absolute Gasteiger partial charge is 0.487 e. The second-order valence-corrected chi connectivity index (χ2v) is 6.13. The number of hydrogen-bond acceptors (Lipinski definition) is 3. The number of rotatable bonds is 4. The van der Waals surface area contributed by atoms with E-state index < -0.39 is 5.82 Å². The van der Waals surface area contributed by atoms with Crippen LogP contribution in [-0.2, 0) is 0 Å². The van der Waals surface area contributed by atoms with Crippen molar-refractivity contribution in [1.82, 2.24) is 0 Å². The number of hydrogen-bond donors (Lipinski definition) is 2. The zero-order chi connectivity index (χ0) is 15.4. The van der Waals surface area contributed by atoms with Crippen LogP contribution in [0.4, 0.5) is 4.39 Å². The van der Waals surface area contributed by atoms with E-state index >= 15 is 0 Å². The van der Waals surface area contributed by atoms with Gasteiger partial charge in [0.15, 0.2) is 17.4 Å². The van der Waals surface area contributed by atoms with E-state index in [2.05, 4.69) is 28.0 Å². The van der Waals surface area contributed by atoms with E-state index in [9.17, 15) is 4.39 Å². The number of amidine groups is 1. The Hall–Kier alpha value is -1.30. The van der Waals surface area contributed by atoms with Gasteiger partial charge in [-0.05, 0) is 59.7 Å². The maximum atomic E-state index is 14.4. The highest BCUT2D eigenvalue weighted by Crippen LogP contribution is 2.34. The van der Waals surface area contributed by atoms with Crippen LogP contribution in [0, 0.1) is 11.7 Å². The normalized spacial score (nSPS) is 23.1. The summed E-state index contributed by atoms with van der Waals surface area (Å²) in [4.78, 5) is 0. The maximum Gasteiger partial charge on any atom is 0.179 e. The lowest BCUT2D eigenvalue weighted by atomic mass is 9.85. The van der Waals surface area contributed by atoms with Gasteiger partial charge in [0.05, 0.1) is 4.47 Å².